The van der Waals surface area contributed by atoms with E-state index in [-0.39, 0.29) is 11.3 Å². The molecule has 0 saturated heterocycles. The zero-order chi connectivity index (χ0) is 21.5. The molecule has 0 aliphatic carbocycles. The molecule has 30 heavy (non-hydrogen) atoms. The van der Waals surface area contributed by atoms with Crippen LogP contribution in [-0.4, -0.2) is 5.91 Å². The third-order valence-electron chi connectivity index (χ3n) is 4.27. The number of halogens is 2. The van der Waals surface area contributed by atoms with E-state index < -0.39 is 11.7 Å². The molecule has 1 amide bonds. The Balaban J connectivity index is 1.71. The number of hydrogen-bond donors (Lipinski definition) is 1. The number of rotatable bonds is 6. The van der Waals surface area contributed by atoms with Gasteiger partial charge in [0.1, 0.15) is 29.8 Å². The second-order valence-corrected chi connectivity index (χ2v) is 6.98. The lowest BCUT2D eigenvalue weighted by Crippen LogP contribution is -2.14. The Kier molecular flexibility index (Phi) is 6.84. The lowest BCUT2D eigenvalue weighted by molar-refractivity contribution is -0.112. The van der Waals surface area contributed by atoms with Gasteiger partial charge in [0.25, 0.3) is 5.91 Å². The fraction of sp³-hybridized carbons (Fsp3) is 0.0833. The largest absolute Gasteiger partial charge is 0.487 e. The lowest BCUT2D eigenvalue weighted by atomic mass is 10.1. The highest BCUT2D eigenvalue weighted by Crippen LogP contribution is 2.27. The van der Waals surface area contributed by atoms with Gasteiger partial charge in [0.05, 0.1) is 10.7 Å². The molecule has 6 heteroatoms. The Bertz CT molecular complexity index is 1130. The van der Waals surface area contributed by atoms with Crippen molar-refractivity contribution in [1.29, 1.82) is 5.26 Å². The van der Waals surface area contributed by atoms with Gasteiger partial charge in [-0.15, -0.1) is 0 Å². The Morgan fingerprint density at radius 2 is 1.90 bits per heavy atom. The number of benzene rings is 3. The van der Waals surface area contributed by atoms with Gasteiger partial charge < -0.3 is 10.1 Å². The van der Waals surface area contributed by atoms with Crippen molar-refractivity contribution < 1.29 is 13.9 Å². The van der Waals surface area contributed by atoms with E-state index in [1.165, 1.54) is 29.8 Å². The molecule has 0 aliphatic heterocycles. The van der Waals surface area contributed by atoms with E-state index in [4.69, 9.17) is 16.3 Å². The van der Waals surface area contributed by atoms with Crippen molar-refractivity contribution in [2.45, 2.75) is 13.5 Å². The maximum Gasteiger partial charge on any atom is 0.266 e. The molecule has 0 fully saturated rings. The molecule has 0 unspecified atom stereocenters. The van der Waals surface area contributed by atoms with Crippen LogP contribution in [-0.2, 0) is 11.4 Å². The van der Waals surface area contributed by atoms with Crippen LogP contribution in [0, 0.1) is 24.1 Å². The molecule has 4 nitrogen and oxygen atoms in total. The van der Waals surface area contributed by atoms with Crippen molar-refractivity contribution in [3.8, 4) is 11.8 Å². The first kappa shape index (κ1) is 21.1. The molecule has 0 saturated carbocycles. The van der Waals surface area contributed by atoms with Crippen molar-refractivity contribution >= 4 is 29.3 Å². The van der Waals surface area contributed by atoms with Crippen molar-refractivity contribution in [3.05, 3.63) is 99.8 Å². The number of ether oxygens (including phenoxy) is 1. The van der Waals surface area contributed by atoms with E-state index in [1.807, 2.05) is 37.3 Å². The normalized spacial score (nSPS) is 10.9. The van der Waals surface area contributed by atoms with Gasteiger partial charge in [-0.2, -0.15) is 5.26 Å². The first-order chi connectivity index (χ1) is 14.5. The summed E-state index contributed by atoms with van der Waals surface area (Å²) in [5, 5.41) is 12.1. The van der Waals surface area contributed by atoms with Crippen LogP contribution in [0.25, 0.3) is 6.08 Å². The van der Waals surface area contributed by atoms with Crippen LogP contribution in [0.5, 0.6) is 5.75 Å². The fourth-order valence-electron chi connectivity index (χ4n) is 2.64. The van der Waals surface area contributed by atoms with Gasteiger partial charge in [0.15, 0.2) is 0 Å². The second-order valence-electron chi connectivity index (χ2n) is 6.57. The molecule has 0 spiro atoms. The van der Waals surface area contributed by atoms with Crippen LogP contribution in [0.1, 0.15) is 16.7 Å². The summed E-state index contributed by atoms with van der Waals surface area (Å²) < 4.78 is 19.5. The van der Waals surface area contributed by atoms with Gasteiger partial charge in [-0.3, -0.25) is 4.79 Å². The summed E-state index contributed by atoms with van der Waals surface area (Å²) in [7, 11) is 0. The molecule has 3 aromatic carbocycles. The maximum absolute atomic E-state index is 13.7. The van der Waals surface area contributed by atoms with E-state index in [2.05, 4.69) is 5.32 Å². The number of carbonyl (C=O) groups is 1. The summed E-state index contributed by atoms with van der Waals surface area (Å²) in [5.74, 6) is -0.802. The number of hydrogen-bond acceptors (Lipinski definition) is 3. The smallest absolute Gasteiger partial charge is 0.266 e. The fourth-order valence-corrected chi connectivity index (χ4v) is 2.88. The Labute approximate surface area is 179 Å². The highest BCUT2D eigenvalue weighted by molar-refractivity contribution is 6.32. The molecular weight excluding hydrogens is 403 g/mol. The summed E-state index contributed by atoms with van der Waals surface area (Å²) in [5.41, 5.74) is 2.55. The lowest BCUT2D eigenvalue weighted by Gasteiger charge is -2.09. The number of nitriles is 1. The SMILES string of the molecule is Cc1ccc(COc2ccc(/C=C(\C#N)C(=O)Nc3ccccc3F)cc2Cl)cc1. The van der Waals surface area contributed by atoms with Crippen molar-refractivity contribution in [2.75, 3.05) is 5.32 Å². The van der Waals surface area contributed by atoms with Crippen LogP contribution >= 0.6 is 11.6 Å². The third-order valence-corrected chi connectivity index (χ3v) is 4.56. The summed E-state index contributed by atoms with van der Waals surface area (Å²) in [6, 6.07) is 20.5. The topological polar surface area (TPSA) is 62.1 Å². The first-order valence-corrected chi connectivity index (χ1v) is 9.49. The summed E-state index contributed by atoms with van der Waals surface area (Å²) in [4.78, 5) is 12.3. The minimum Gasteiger partial charge on any atom is -0.487 e. The van der Waals surface area contributed by atoms with E-state index in [0.29, 0.717) is 22.9 Å². The number of nitrogens with one attached hydrogen (secondary N) is 1. The van der Waals surface area contributed by atoms with Gasteiger partial charge in [-0.1, -0.05) is 59.6 Å². The summed E-state index contributed by atoms with van der Waals surface area (Å²) >= 11 is 6.29. The quantitative estimate of drug-likeness (QED) is 0.398. The van der Waals surface area contributed by atoms with E-state index >= 15 is 0 Å². The third kappa shape index (κ3) is 5.47. The number of para-hydroxylation sites is 1. The van der Waals surface area contributed by atoms with Gasteiger partial charge >= 0.3 is 0 Å². The molecule has 3 rings (SSSR count). The number of amides is 1. The minimum absolute atomic E-state index is 0.00142. The Morgan fingerprint density at radius 3 is 2.57 bits per heavy atom. The Morgan fingerprint density at radius 1 is 1.17 bits per heavy atom. The average molecular weight is 421 g/mol. The number of carbonyl (C=O) groups excluding carboxylic acids is 1. The molecule has 0 heterocycles. The first-order valence-electron chi connectivity index (χ1n) is 9.12. The maximum atomic E-state index is 13.7. The van der Waals surface area contributed by atoms with E-state index in [9.17, 15) is 14.4 Å². The van der Waals surface area contributed by atoms with Crippen molar-refractivity contribution in [2.24, 2.45) is 0 Å². The van der Waals surface area contributed by atoms with Crippen LogP contribution in [0.3, 0.4) is 0 Å². The zero-order valence-electron chi connectivity index (χ0n) is 16.2. The highest BCUT2D eigenvalue weighted by Gasteiger charge is 2.12. The molecule has 150 valence electrons. The molecule has 0 aliphatic rings. The van der Waals surface area contributed by atoms with Gasteiger partial charge in [-0.25, -0.2) is 4.39 Å². The van der Waals surface area contributed by atoms with Gasteiger partial charge in [-0.05, 0) is 48.4 Å². The molecular formula is C24H18ClFN2O2. The molecule has 1 N–H and O–H groups in total. The molecule has 0 atom stereocenters. The van der Waals surface area contributed by atoms with Gasteiger partial charge in [0, 0.05) is 0 Å². The standard InChI is InChI=1S/C24H18ClFN2O2/c1-16-6-8-17(9-7-16)15-30-23-11-10-18(13-20(23)25)12-19(14-27)24(29)28-22-5-3-2-4-21(22)26/h2-13H,15H2,1H3,(H,28,29)/b19-12+. The van der Waals surface area contributed by atoms with E-state index in [0.717, 1.165) is 5.56 Å². The molecule has 0 radical (unpaired) electrons. The second kappa shape index (κ2) is 9.73. The van der Waals surface area contributed by atoms with Crippen LogP contribution < -0.4 is 10.1 Å². The average Bonchev–Trinajstić information content (AvgIpc) is 2.74. The van der Waals surface area contributed by atoms with Crippen LogP contribution in [0.2, 0.25) is 5.02 Å². The van der Waals surface area contributed by atoms with E-state index in [1.54, 1.807) is 24.3 Å². The highest BCUT2D eigenvalue weighted by atomic mass is 35.5. The monoisotopic (exact) mass is 420 g/mol. The zero-order valence-corrected chi connectivity index (χ0v) is 16.9. The van der Waals surface area contributed by atoms with Gasteiger partial charge in [0.2, 0.25) is 0 Å². The predicted molar refractivity (Wildman–Crippen MR) is 116 cm³/mol. The minimum atomic E-state index is -0.710. The summed E-state index contributed by atoms with van der Waals surface area (Å²) in [6.07, 6.45) is 1.38. The van der Waals surface area contributed by atoms with Crippen molar-refractivity contribution in [1.82, 2.24) is 0 Å². The predicted octanol–water partition coefficient (Wildman–Crippen LogP) is 5.91. The van der Waals surface area contributed by atoms with Crippen LogP contribution in [0.4, 0.5) is 10.1 Å². The molecule has 3 aromatic rings. The van der Waals surface area contributed by atoms with Crippen LogP contribution in [0.15, 0.2) is 72.3 Å². The number of anilines is 1. The summed E-state index contributed by atoms with van der Waals surface area (Å²) in [6.45, 7) is 2.38. The molecule has 0 bridgehead atoms. The molecule has 0 aromatic heterocycles. The Hall–Kier alpha value is -3.62. The van der Waals surface area contributed by atoms with Crippen molar-refractivity contribution in [3.63, 3.8) is 0 Å². The number of aryl methyl sites for hydroxylation is 1. The number of nitrogens with zero attached hydrogens (tertiary/aromatic N) is 1.